The molecule has 1 fully saturated rings. The number of carbonyl (C=O) groups is 1. The molecule has 4 rings (SSSR count). The van der Waals surface area contributed by atoms with E-state index in [0.717, 1.165) is 27.6 Å². The number of aromatic amines is 1. The Bertz CT molecular complexity index is 967. The monoisotopic (exact) mass is 410 g/mol. The molecule has 3 aromatic heterocycles. The van der Waals surface area contributed by atoms with Crippen LogP contribution in [0, 0.1) is 5.92 Å². The zero-order valence-electron chi connectivity index (χ0n) is 14.8. The number of H-pyrrole nitrogens is 1. The van der Waals surface area contributed by atoms with Gasteiger partial charge in [0.1, 0.15) is 11.3 Å². The van der Waals surface area contributed by atoms with Gasteiger partial charge < -0.3 is 15.0 Å². The molecule has 28 heavy (non-hydrogen) atoms. The van der Waals surface area contributed by atoms with Crippen molar-refractivity contribution in [2.75, 3.05) is 6.61 Å². The number of hydrogen-bond acceptors (Lipinski definition) is 5. The number of nitrogens with zero attached hydrogens (tertiary/aromatic N) is 2. The summed E-state index contributed by atoms with van der Waals surface area (Å²) in [6.45, 7) is 0.462. The van der Waals surface area contributed by atoms with Crippen LogP contribution in [0.25, 0.3) is 11.2 Å². The second-order valence-electron chi connectivity index (χ2n) is 6.73. The van der Waals surface area contributed by atoms with E-state index in [0.29, 0.717) is 12.1 Å². The van der Waals surface area contributed by atoms with E-state index in [1.54, 1.807) is 25.3 Å². The molecular formula is C18H17F3N4O2S. The Kier molecular flexibility index (Phi) is 4.74. The van der Waals surface area contributed by atoms with Crippen molar-refractivity contribution >= 4 is 28.4 Å². The topological polar surface area (TPSA) is 79.9 Å². The molecule has 0 radical (unpaired) electrons. The summed E-state index contributed by atoms with van der Waals surface area (Å²) in [7, 11) is 0. The SMILES string of the molecule is C[C@@H](NC(=O)[C@@H]1C[C@H]1c1nc2cccnc2[nH]1)c1ccc(OCC(F)(F)F)s1. The van der Waals surface area contributed by atoms with Crippen LogP contribution in [0.2, 0.25) is 0 Å². The van der Waals surface area contributed by atoms with Gasteiger partial charge >= 0.3 is 6.18 Å². The summed E-state index contributed by atoms with van der Waals surface area (Å²) in [5.41, 5.74) is 1.46. The highest BCUT2D eigenvalue weighted by molar-refractivity contribution is 7.13. The Morgan fingerprint density at radius 3 is 3.00 bits per heavy atom. The molecule has 0 unspecified atom stereocenters. The number of halogens is 3. The minimum absolute atomic E-state index is 0.0235. The number of fused-ring (bicyclic) bond motifs is 1. The van der Waals surface area contributed by atoms with Crippen LogP contribution in [0.4, 0.5) is 13.2 Å². The van der Waals surface area contributed by atoms with E-state index >= 15 is 0 Å². The molecule has 6 nitrogen and oxygen atoms in total. The molecule has 1 aliphatic rings. The number of rotatable bonds is 6. The van der Waals surface area contributed by atoms with Gasteiger partial charge in [-0.05, 0) is 37.6 Å². The molecule has 1 amide bonds. The number of ether oxygens (including phenoxy) is 1. The first kappa shape index (κ1) is 18.7. The molecule has 3 aromatic rings. The zero-order valence-corrected chi connectivity index (χ0v) is 15.6. The summed E-state index contributed by atoms with van der Waals surface area (Å²) >= 11 is 1.09. The zero-order chi connectivity index (χ0) is 19.9. The standard InChI is InChI=1S/C18H17F3N4O2S/c1-9(13-4-5-14(28-13)27-8-18(19,20)21)23-17(26)11-7-10(11)15-24-12-3-2-6-22-16(12)25-15/h2-6,9-11H,7-8H2,1H3,(H,23,26)(H,22,24,25)/t9-,10-,11-/m1/s1. The number of aromatic nitrogens is 3. The molecule has 3 heterocycles. The van der Waals surface area contributed by atoms with E-state index in [4.69, 9.17) is 4.74 Å². The highest BCUT2D eigenvalue weighted by Gasteiger charge is 2.46. The van der Waals surface area contributed by atoms with Gasteiger partial charge in [0, 0.05) is 22.9 Å². The molecule has 0 saturated heterocycles. The second kappa shape index (κ2) is 7.08. The predicted molar refractivity (Wildman–Crippen MR) is 97.2 cm³/mol. The van der Waals surface area contributed by atoms with Gasteiger partial charge in [-0.2, -0.15) is 13.2 Å². The van der Waals surface area contributed by atoms with Crippen molar-refractivity contribution in [1.82, 2.24) is 20.3 Å². The van der Waals surface area contributed by atoms with Crippen molar-refractivity contribution in [1.29, 1.82) is 0 Å². The van der Waals surface area contributed by atoms with Crippen LogP contribution in [-0.2, 0) is 4.79 Å². The highest BCUT2D eigenvalue weighted by atomic mass is 32.1. The van der Waals surface area contributed by atoms with Crippen molar-refractivity contribution < 1.29 is 22.7 Å². The van der Waals surface area contributed by atoms with E-state index in [1.165, 1.54) is 6.07 Å². The third-order valence-electron chi connectivity index (χ3n) is 4.52. The maximum atomic E-state index is 12.5. The van der Waals surface area contributed by atoms with E-state index in [1.807, 2.05) is 6.07 Å². The summed E-state index contributed by atoms with van der Waals surface area (Å²) in [6.07, 6.45) is -2.00. The minimum Gasteiger partial charge on any atom is -0.475 e. The number of amides is 1. The molecular weight excluding hydrogens is 393 g/mol. The van der Waals surface area contributed by atoms with E-state index in [2.05, 4.69) is 20.3 Å². The van der Waals surface area contributed by atoms with Crippen molar-refractivity contribution in [3.8, 4) is 5.06 Å². The Labute approximate surface area is 162 Å². The lowest BCUT2D eigenvalue weighted by Crippen LogP contribution is -2.28. The number of carbonyl (C=O) groups excluding carboxylic acids is 1. The molecule has 0 aromatic carbocycles. The van der Waals surface area contributed by atoms with Crippen LogP contribution in [0.15, 0.2) is 30.5 Å². The summed E-state index contributed by atoms with van der Waals surface area (Å²) in [6, 6.07) is 6.49. The summed E-state index contributed by atoms with van der Waals surface area (Å²) in [5.74, 6) is 0.497. The quantitative estimate of drug-likeness (QED) is 0.645. The van der Waals surface area contributed by atoms with Crippen LogP contribution >= 0.6 is 11.3 Å². The minimum atomic E-state index is -4.38. The van der Waals surface area contributed by atoms with Crippen molar-refractivity contribution in [2.24, 2.45) is 5.92 Å². The fourth-order valence-corrected chi connectivity index (χ4v) is 3.87. The summed E-state index contributed by atoms with van der Waals surface area (Å²) in [5, 5.41) is 3.09. The number of hydrogen-bond donors (Lipinski definition) is 2. The molecule has 0 spiro atoms. The highest BCUT2D eigenvalue weighted by Crippen LogP contribution is 2.47. The maximum absolute atomic E-state index is 12.5. The van der Waals surface area contributed by atoms with E-state index in [9.17, 15) is 18.0 Å². The Hall–Kier alpha value is -2.62. The third-order valence-corrected chi connectivity index (χ3v) is 5.70. The summed E-state index contributed by atoms with van der Waals surface area (Å²) in [4.78, 5) is 25.1. The Balaban J connectivity index is 1.33. The number of thiophene rings is 1. The number of pyridine rings is 1. The average molecular weight is 410 g/mol. The lowest BCUT2D eigenvalue weighted by atomic mass is 10.2. The van der Waals surface area contributed by atoms with Crippen LogP contribution in [0.5, 0.6) is 5.06 Å². The van der Waals surface area contributed by atoms with Gasteiger partial charge in [-0.3, -0.25) is 4.79 Å². The van der Waals surface area contributed by atoms with Gasteiger partial charge in [0.2, 0.25) is 5.91 Å². The fraction of sp³-hybridized carbons (Fsp3) is 0.389. The maximum Gasteiger partial charge on any atom is 0.422 e. The average Bonchev–Trinajstić information content (AvgIpc) is 3.11. The number of nitrogens with one attached hydrogen (secondary N) is 2. The molecule has 0 aliphatic heterocycles. The predicted octanol–water partition coefficient (Wildman–Crippen LogP) is 3.94. The summed E-state index contributed by atoms with van der Waals surface area (Å²) < 4.78 is 41.4. The second-order valence-corrected chi connectivity index (χ2v) is 7.81. The van der Waals surface area contributed by atoms with Gasteiger partial charge in [-0.1, -0.05) is 0 Å². The van der Waals surface area contributed by atoms with Gasteiger partial charge in [-0.25, -0.2) is 9.97 Å². The number of imidazole rings is 1. The first-order chi connectivity index (χ1) is 13.3. The van der Waals surface area contributed by atoms with Crippen LogP contribution < -0.4 is 10.1 Å². The molecule has 10 heteroatoms. The molecule has 0 bridgehead atoms. The fourth-order valence-electron chi connectivity index (χ4n) is 3.01. The largest absolute Gasteiger partial charge is 0.475 e. The molecule has 2 N–H and O–H groups in total. The third kappa shape index (κ3) is 4.11. The van der Waals surface area contributed by atoms with Crippen LogP contribution in [-0.4, -0.2) is 33.6 Å². The Morgan fingerprint density at radius 2 is 2.25 bits per heavy atom. The molecule has 148 valence electrons. The molecule has 1 saturated carbocycles. The Morgan fingerprint density at radius 1 is 1.43 bits per heavy atom. The van der Waals surface area contributed by atoms with Gasteiger partial charge in [0.15, 0.2) is 17.3 Å². The van der Waals surface area contributed by atoms with Crippen molar-refractivity contribution in [3.63, 3.8) is 0 Å². The molecule has 1 aliphatic carbocycles. The van der Waals surface area contributed by atoms with E-state index < -0.39 is 12.8 Å². The lowest BCUT2D eigenvalue weighted by molar-refractivity contribution is -0.152. The number of alkyl halides is 3. The van der Waals surface area contributed by atoms with Gasteiger partial charge in [0.25, 0.3) is 0 Å². The van der Waals surface area contributed by atoms with Gasteiger partial charge in [0.05, 0.1) is 6.04 Å². The van der Waals surface area contributed by atoms with Crippen LogP contribution in [0.3, 0.4) is 0 Å². The van der Waals surface area contributed by atoms with Crippen molar-refractivity contribution in [3.05, 3.63) is 41.2 Å². The normalized spacial score (nSPS) is 20.1. The van der Waals surface area contributed by atoms with Crippen molar-refractivity contribution in [2.45, 2.75) is 31.5 Å². The molecule has 3 atom stereocenters. The van der Waals surface area contributed by atoms with E-state index in [-0.39, 0.29) is 28.8 Å². The lowest BCUT2D eigenvalue weighted by Gasteiger charge is -2.12. The van der Waals surface area contributed by atoms with Gasteiger partial charge in [-0.15, -0.1) is 11.3 Å². The first-order valence-electron chi connectivity index (χ1n) is 8.70. The van der Waals surface area contributed by atoms with Crippen LogP contribution in [0.1, 0.15) is 36.0 Å². The first-order valence-corrected chi connectivity index (χ1v) is 9.52. The smallest absolute Gasteiger partial charge is 0.422 e.